The van der Waals surface area contributed by atoms with Gasteiger partial charge in [0.1, 0.15) is 5.92 Å². The van der Waals surface area contributed by atoms with Crippen LogP contribution in [0.5, 0.6) is 11.5 Å². The minimum atomic E-state index is -0.689. The Kier molecular flexibility index (Phi) is 6.69. The SMILES string of the molecule is COC(=O)[C@@H]1C2=C(C(=O)C[C@H]1c1ccc(OC)c(OC)c1)[C@H](C=C1C[C@@H]3CC[C@@]1(C)C3(C)C)c1ccc3ccccc3c1N2. The van der Waals surface area contributed by atoms with Crippen LogP contribution in [0.25, 0.3) is 10.8 Å². The molecule has 4 aliphatic rings. The second-order valence-electron chi connectivity index (χ2n) is 13.7. The number of rotatable bonds is 5. The smallest absolute Gasteiger partial charge is 0.315 e. The van der Waals surface area contributed by atoms with Gasteiger partial charge in [-0.1, -0.05) is 74.9 Å². The Morgan fingerprint density at radius 1 is 0.955 bits per heavy atom. The highest BCUT2D eigenvalue weighted by molar-refractivity contribution is 6.07. The molecule has 7 rings (SSSR count). The van der Waals surface area contributed by atoms with Crippen molar-refractivity contribution in [1.29, 1.82) is 0 Å². The highest BCUT2D eigenvalue weighted by Gasteiger charge is 2.59. The van der Waals surface area contributed by atoms with Crippen molar-refractivity contribution < 1.29 is 23.8 Å². The normalized spacial score (nSPS) is 29.3. The lowest BCUT2D eigenvalue weighted by atomic mass is 9.66. The Morgan fingerprint density at radius 2 is 1.73 bits per heavy atom. The molecule has 0 unspecified atom stereocenters. The molecule has 6 heteroatoms. The third-order valence-corrected chi connectivity index (χ3v) is 11.8. The third-order valence-electron chi connectivity index (χ3n) is 11.8. The minimum absolute atomic E-state index is 0.0562. The van der Waals surface area contributed by atoms with Gasteiger partial charge in [0.25, 0.3) is 0 Å². The van der Waals surface area contributed by atoms with Crippen LogP contribution in [0.15, 0.2) is 77.5 Å². The fraction of sp³-hybridized carbons (Fsp3) is 0.421. The number of benzene rings is 3. The molecule has 0 amide bonds. The van der Waals surface area contributed by atoms with Gasteiger partial charge in [0.2, 0.25) is 0 Å². The number of nitrogens with one attached hydrogen (secondary N) is 1. The number of Topliss-reactive ketones (excluding diaryl/α,β-unsaturated/α-hetero) is 1. The van der Waals surface area contributed by atoms with Gasteiger partial charge in [-0.25, -0.2) is 0 Å². The van der Waals surface area contributed by atoms with E-state index in [4.69, 9.17) is 14.2 Å². The average molecular weight is 592 g/mol. The molecule has 6 nitrogen and oxygen atoms in total. The van der Waals surface area contributed by atoms with Gasteiger partial charge in [0.15, 0.2) is 17.3 Å². The zero-order valence-electron chi connectivity index (χ0n) is 26.5. The maximum Gasteiger partial charge on any atom is 0.315 e. The summed E-state index contributed by atoms with van der Waals surface area (Å²) in [5.41, 5.74) is 5.97. The molecule has 3 aromatic rings. The average Bonchev–Trinajstić information content (AvgIpc) is 3.37. The summed E-state index contributed by atoms with van der Waals surface area (Å²) in [6.45, 7) is 7.23. The lowest BCUT2D eigenvalue weighted by molar-refractivity contribution is -0.145. The number of anilines is 1. The molecular weight excluding hydrogens is 550 g/mol. The Hall–Kier alpha value is -4.06. The van der Waals surface area contributed by atoms with Gasteiger partial charge in [0.05, 0.1) is 27.0 Å². The molecule has 5 atom stereocenters. The summed E-state index contributed by atoms with van der Waals surface area (Å²) in [7, 11) is 4.61. The van der Waals surface area contributed by atoms with Crippen molar-refractivity contribution >= 4 is 28.2 Å². The van der Waals surface area contributed by atoms with E-state index in [0.29, 0.717) is 28.7 Å². The minimum Gasteiger partial charge on any atom is -0.493 e. The molecule has 1 heterocycles. The largest absolute Gasteiger partial charge is 0.493 e. The summed E-state index contributed by atoms with van der Waals surface area (Å²) in [4.78, 5) is 28.2. The summed E-state index contributed by atoms with van der Waals surface area (Å²) < 4.78 is 16.5. The number of esters is 1. The predicted molar refractivity (Wildman–Crippen MR) is 172 cm³/mol. The standard InChI is InChI=1S/C38H41NO5/c1-37(2)23-15-16-38(37,3)24(18-23)19-28-26-13-11-21-9-7-8-10-25(21)34(26)39-35-32(28)29(40)20-27(33(35)36(41)44-6)22-12-14-30(42-4)31(17-22)43-5/h7-14,17,19,23,27-28,33,39H,15-16,18,20H2,1-6H3/t23-,27-,28+,33-,38+/m0/s1. The highest BCUT2D eigenvalue weighted by atomic mass is 16.5. The van der Waals surface area contributed by atoms with Crippen LogP contribution >= 0.6 is 0 Å². The number of ketones is 1. The summed E-state index contributed by atoms with van der Waals surface area (Å²) >= 11 is 0. The predicted octanol–water partition coefficient (Wildman–Crippen LogP) is 7.94. The Bertz CT molecular complexity index is 1770. The van der Waals surface area contributed by atoms with E-state index in [-0.39, 0.29) is 34.9 Å². The lowest BCUT2D eigenvalue weighted by Crippen LogP contribution is -2.39. The summed E-state index contributed by atoms with van der Waals surface area (Å²) in [5.74, 6) is 0.126. The van der Waals surface area contributed by atoms with E-state index in [2.05, 4.69) is 56.4 Å². The van der Waals surface area contributed by atoms with E-state index in [1.165, 1.54) is 19.1 Å². The molecule has 2 saturated carbocycles. The van der Waals surface area contributed by atoms with Crippen LogP contribution in [0.2, 0.25) is 0 Å². The number of carbonyl (C=O) groups is 2. The number of fused-ring (bicyclic) bond motifs is 5. The number of hydrogen-bond acceptors (Lipinski definition) is 6. The van der Waals surface area contributed by atoms with Gasteiger partial charge < -0.3 is 19.5 Å². The fourth-order valence-corrected chi connectivity index (χ4v) is 8.86. The van der Waals surface area contributed by atoms with Crippen molar-refractivity contribution in [2.45, 2.75) is 58.3 Å². The molecule has 3 aliphatic carbocycles. The number of carbonyl (C=O) groups excluding carboxylic acids is 2. The first-order valence-electron chi connectivity index (χ1n) is 15.7. The monoisotopic (exact) mass is 591 g/mol. The van der Waals surface area contributed by atoms with Gasteiger partial charge in [-0.05, 0) is 64.7 Å². The van der Waals surface area contributed by atoms with Crippen molar-refractivity contribution in [3.63, 3.8) is 0 Å². The molecule has 1 aliphatic heterocycles. The van der Waals surface area contributed by atoms with Crippen molar-refractivity contribution in [2.24, 2.45) is 22.7 Å². The number of allylic oxidation sites excluding steroid dienone is 3. The third kappa shape index (κ3) is 3.99. The van der Waals surface area contributed by atoms with E-state index in [1.54, 1.807) is 14.2 Å². The molecule has 2 bridgehead atoms. The lowest BCUT2D eigenvalue weighted by Gasteiger charge is -2.41. The van der Waals surface area contributed by atoms with Crippen LogP contribution < -0.4 is 14.8 Å². The Morgan fingerprint density at radius 3 is 2.41 bits per heavy atom. The summed E-state index contributed by atoms with van der Waals surface area (Å²) in [5, 5.41) is 5.86. The van der Waals surface area contributed by atoms with Crippen LogP contribution in [0.1, 0.15) is 69.4 Å². The molecule has 0 aromatic heterocycles. The number of methoxy groups -OCH3 is 3. The van der Waals surface area contributed by atoms with Crippen molar-refractivity contribution in [2.75, 3.05) is 26.6 Å². The first-order chi connectivity index (χ1) is 21.1. The van der Waals surface area contributed by atoms with Gasteiger partial charge in [-0.15, -0.1) is 0 Å². The maximum absolute atomic E-state index is 14.4. The van der Waals surface area contributed by atoms with Gasteiger partial charge >= 0.3 is 5.97 Å². The summed E-state index contributed by atoms with van der Waals surface area (Å²) in [6, 6.07) is 18.2. The molecule has 2 fully saturated rings. The van der Waals surface area contributed by atoms with Crippen molar-refractivity contribution in [3.05, 3.63) is 88.6 Å². The van der Waals surface area contributed by atoms with Gasteiger partial charge in [0, 0.05) is 34.9 Å². The van der Waals surface area contributed by atoms with Crippen LogP contribution in [-0.4, -0.2) is 33.1 Å². The zero-order valence-corrected chi connectivity index (χ0v) is 26.5. The fourth-order valence-electron chi connectivity index (χ4n) is 8.86. The van der Waals surface area contributed by atoms with Crippen molar-refractivity contribution in [1.82, 2.24) is 0 Å². The first kappa shape index (κ1) is 28.7. The highest BCUT2D eigenvalue weighted by Crippen LogP contribution is 2.68. The summed E-state index contributed by atoms with van der Waals surface area (Å²) in [6.07, 6.45) is 6.07. The molecule has 44 heavy (non-hydrogen) atoms. The Labute approximate surface area is 259 Å². The Balaban J connectivity index is 1.44. The molecule has 0 radical (unpaired) electrons. The van der Waals surface area contributed by atoms with E-state index < -0.39 is 11.8 Å². The van der Waals surface area contributed by atoms with Crippen LogP contribution in [0.4, 0.5) is 5.69 Å². The molecule has 0 saturated heterocycles. The maximum atomic E-state index is 14.4. The molecule has 3 aromatic carbocycles. The van der Waals surface area contributed by atoms with Gasteiger partial charge in [-0.2, -0.15) is 0 Å². The van der Waals surface area contributed by atoms with Crippen molar-refractivity contribution in [3.8, 4) is 11.5 Å². The van der Waals surface area contributed by atoms with Crippen LogP contribution in [0.3, 0.4) is 0 Å². The number of ether oxygens (including phenoxy) is 3. The second-order valence-corrected chi connectivity index (χ2v) is 13.7. The molecular formula is C38H41NO5. The topological polar surface area (TPSA) is 73.9 Å². The zero-order chi connectivity index (χ0) is 31.0. The van der Waals surface area contributed by atoms with E-state index in [9.17, 15) is 9.59 Å². The molecule has 0 spiro atoms. The van der Waals surface area contributed by atoms with Gasteiger partial charge in [-0.3, -0.25) is 9.59 Å². The van der Waals surface area contributed by atoms with E-state index in [0.717, 1.165) is 40.4 Å². The first-order valence-corrected chi connectivity index (χ1v) is 15.7. The number of hydrogen-bond donors (Lipinski definition) is 1. The quantitative estimate of drug-likeness (QED) is 0.240. The second kappa shape index (κ2) is 10.3. The van der Waals surface area contributed by atoms with E-state index in [1.807, 2.05) is 30.3 Å². The van der Waals surface area contributed by atoms with Crippen LogP contribution in [0, 0.1) is 22.7 Å². The van der Waals surface area contributed by atoms with Crippen LogP contribution in [-0.2, 0) is 14.3 Å². The molecule has 228 valence electrons. The van der Waals surface area contributed by atoms with E-state index >= 15 is 0 Å². The molecule has 1 N–H and O–H groups in total.